The number of carbonyl (C=O) groups excluding carboxylic acids is 2. The minimum atomic E-state index is -0.879. The molecular formula is C20H21NO3. The molecule has 24 heavy (non-hydrogen) atoms. The van der Waals surface area contributed by atoms with Crippen LogP contribution in [0.4, 0.5) is 0 Å². The number of hydrogen-bond acceptors (Lipinski definition) is 4. The van der Waals surface area contributed by atoms with Crippen molar-refractivity contribution >= 4 is 11.8 Å². The Morgan fingerprint density at radius 2 is 1.58 bits per heavy atom. The van der Waals surface area contributed by atoms with Gasteiger partial charge in [-0.05, 0) is 45.0 Å². The molecule has 1 aliphatic heterocycles. The molecule has 4 heteroatoms. The second-order valence-corrected chi connectivity index (χ2v) is 6.11. The zero-order valence-electron chi connectivity index (χ0n) is 13.8. The SMILES string of the molecule is Cc1ccc(C(=O)C(C(=O)Oc2ccccc2)N2CCCC2)cc1. The molecule has 4 nitrogen and oxygen atoms in total. The van der Waals surface area contributed by atoms with Gasteiger partial charge in [0.15, 0.2) is 11.8 Å². The number of nitrogens with zero attached hydrogens (tertiary/aromatic N) is 1. The lowest BCUT2D eigenvalue weighted by Gasteiger charge is -2.24. The predicted molar refractivity (Wildman–Crippen MR) is 92.2 cm³/mol. The van der Waals surface area contributed by atoms with E-state index in [0.29, 0.717) is 11.3 Å². The number of ether oxygens (including phenoxy) is 1. The third-order valence-corrected chi connectivity index (χ3v) is 4.28. The van der Waals surface area contributed by atoms with Crippen LogP contribution in [0.3, 0.4) is 0 Å². The van der Waals surface area contributed by atoms with Gasteiger partial charge in [0.2, 0.25) is 0 Å². The van der Waals surface area contributed by atoms with Crippen molar-refractivity contribution in [3.63, 3.8) is 0 Å². The number of esters is 1. The van der Waals surface area contributed by atoms with Crippen LogP contribution < -0.4 is 4.74 Å². The Hall–Kier alpha value is -2.46. The van der Waals surface area contributed by atoms with Gasteiger partial charge >= 0.3 is 5.97 Å². The summed E-state index contributed by atoms with van der Waals surface area (Å²) in [6.07, 6.45) is 1.99. The molecule has 1 atom stereocenters. The molecule has 1 heterocycles. The van der Waals surface area contributed by atoms with Crippen LogP contribution in [0, 0.1) is 6.92 Å². The van der Waals surface area contributed by atoms with E-state index in [0.717, 1.165) is 31.5 Å². The summed E-state index contributed by atoms with van der Waals surface area (Å²) in [5.74, 6) is -0.241. The van der Waals surface area contributed by atoms with E-state index in [2.05, 4.69) is 0 Å². The molecule has 0 aromatic heterocycles. The first-order chi connectivity index (χ1) is 11.6. The molecule has 0 amide bonds. The number of ketones is 1. The lowest BCUT2D eigenvalue weighted by molar-refractivity contribution is -0.138. The highest BCUT2D eigenvalue weighted by molar-refractivity contribution is 6.12. The predicted octanol–water partition coefficient (Wildman–Crippen LogP) is 3.25. The van der Waals surface area contributed by atoms with E-state index in [1.54, 1.807) is 36.4 Å². The highest BCUT2D eigenvalue weighted by atomic mass is 16.5. The number of likely N-dealkylation sites (tertiary alicyclic amines) is 1. The maximum Gasteiger partial charge on any atom is 0.336 e. The largest absolute Gasteiger partial charge is 0.425 e. The molecule has 0 bridgehead atoms. The van der Waals surface area contributed by atoms with Gasteiger partial charge < -0.3 is 4.74 Å². The monoisotopic (exact) mass is 323 g/mol. The maximum absolute atomic E-state index is 12.9. The Morgan fingerprint density at radius 3 is 2.21 bits per heavy atom. The number of carbonyl (C=O) groups is 2. The summed E-state index contributed by atoms with van der Waals surface area (Å²) in [7, 11) is 0. The highest BCUT2D eigenvalue weighted by Gasteiger charge is 2.36. The van der Waals surface area contributed by atoms with Gasteiger partial charge in [-0.2, -0.15) is 0 Å². The fourth-order valence-corrected chi connectivity index (χ4v) is 2.96. The molecule has 3 rings (SSSR count). The standard InChI is InChI=1S/C20H21NO3/c1-15-9-11-16(12-10-15)19(22)18(21-13-5-6-14-21)20(23)24-17-7-3-2-4-8-17/h2-4,7-12,18H,5-6,13-14H2,1H3. The van der Waals surface area contributed by atoms with Crippen molar-refractivity contribution in [2.24, 2.45) is 0 Å². The lowest BCUT2D eigenvalue weighted by atomic mass is 10.0. The molecule has 124 valence electrons. The molecule has 1 aliphatic rings. The fourth-order valence-electron chi connectivity index (χ4n) is 2.96. The van der Waals surface area contributed by atoms with Crippen LogP contribution in [0.5, 0.6) is 5.75 Å². The number of aryl methyl sites for hydroxylation is 1. The van der Waals surface area contributed by atoms with Crippen molar-refractivity contribution in [3.05, 3.63) is 65.7 Å². The molecule has 2 aromatic rings. The van der Waals surface area contributed by atoms with Crippen LogP contribution in [0.15, 0.2) is 54.6 Å². The summed E-state index contributed by atoms with van der Waals surface area (Å²) in [5, 5.41) is 0. The van der Waals surface area contributed by atoms with Crippen molar-refractivity contribution in [1.29, 1.82) is 0 Å². The van der Waals surface area contributed by atoms with E-state index >= 15 is 0 Å². The zero-order chi connectivity index (χ0) is 16.9. The van der Waals surface area contributed by atoms with Gasteiger partial charge in [-0.1, -0.05) is 48.0 Å². The van der Waals surface area contributed by atoms with Crippen LogP contribution in [-0.4, -0.2) is 35.8 Å². The first-order valence-electron chi connectivity index (χ1n) is 8.27. The molecule has 1 fully saturated rings. The van der Waals surface area contributed by atoms with E-state index in [1.807, 2.05) is 30.0 Å². The van der Waals surface area contributed by atoms with Crippen molar-refractivity contribution in [2.75, 3.05) is 13.1 Å². The van der Waals surface area contributed by atoms with Crippen molar-refractivity contribution < 1.29 is 14.3 Å². The quantitative estimate of drug-likeness (QED) is 0.367. The molecule has 1 unspecified atom stereocenters. The third kappa shape index (κ3) is 3.71. The van der Waals surface area contributed by atoms with Crippen molar-refractivity contribution in [1.82, 2.24) is 4.90 Å². The average molecular weight is 323 g/mol. The summed E-state index contributed by atoms with van der Waals surface area (Å²) >= 11 is 0. The van der Waals surface area contributed by atoms with Gasteiger partial charge in [-0.25, -0.2) is 4.79 Å². The maximum atomic E-state index is 12.9. The molecule has 0 aliphatic carbocycles. The minimum Gasteiger partial charge on any atom is -0.425 e. The lowest BCUT2D eigenvalue weighted by Crippen LogP contribution is -2.47. The second-order valence-electron chi connectivity index (χ2n) is 6.11. The van der Waals surface area contributed by atoms with E-state index < -0.39 is 12.0 Å². The molecule has 0 radical (unpaired) electrons. The normalized spacial score (nSPS) is 15.9. The number of rotatable bonds is 5. The number of Topliss-reactive ketones (excluding diaryl/α,β-unsaturated/α-hetero) is 1. The van der Waals surface area contributed by atoms with Crippen molar-refractivity contribution in [2.45, 2.75) is 25.8 Å². The summed E-state index contributed by atoms with van der Waals surface area (Å²) in [6.45, 7) is 3.45. The van der Waals surface area contributed by atoms with E-state index in [-0.39, 0.29) is 5.78 Å². The first-order valence-corrected chi connectivity index (χ1v) is 8.27. The molecule has 0 saturated carbocycles. The molecule has 2 aromatic carbocycles. The van der Waals surface area contributed by atoms with Crippen LogP contribution in [0.1, 0.15) is 28.8 Å². The van der Waals surface area contributed by atoms with Gasteiger partial charge in [-0.15, -0.1) is 0 Å². The van der Waals surface area contributed by atoms with Crippen molar-refractivity contribution in [3.8, 4) is 5.75 Å². The summed E-state index contributed by atoms with van der Waals surface area (Å²) in [4.78, 5) is 27.6. The van der Waals surface area contributed by atoms with Gasteiger partial charge in [0, 0.05) is 5.56 Å². The van der Waals surface area contributed by atoms with Crippen LogP contribution in [-0.2, 0) is 4.79 Å². The third-order valence-electron chi connectivity index (χ3n) is 4.28. The first kappa shape index (κ1) is 16.4. The van der Waals surface area contributed by atoms with Crippen LogP contribution in [0.25, 0.3) is 0 Å². The second kappa shape index (κ2) is 7.41. The van der Waals surface area contributed by atoms with Gasteiger partial charge in [0.05, 0.1) is 0 Å². The fraction of sp³-hybridized carbons (Fsp3) is 0.300. The van der Waals surface area contributed by atoms with Gasteiger partial charge in [0.25, 0.3) is 0 Å². The Bertz CT molecular complexity index is 703. The average Bonchev–Trinajstić information content (AvgIpc) is 3.10. The molecule has 0 N–H and O–H groups in total. The summed E-state index contributed by atoms with van der Waals surface area (Å²) < 4.78 is 5.45. The topological polar surface area (TPSA) is 46.6 Å². The summed E-state index contributed by atoms with van der Waals surface area (Å²) in [6, 6.07) is 15.3. The smallest absolute Gasteiger partial charge is 0.336 e. The number of benzene rings is 2. The molecule has 1 saturated heterocycles. The van der Waals surface area contributed by atoms with E-state index in [1.165, 1.54) is 0 Å². The van der Waals surface area contributed by atoms with Gasteiger partial charge in [0.1, 0.15) is 5.75 Å². The number of hydrogen-bond donors (Lipinski definition) is 0. The molecular weight excluding hydrogens is 302 g/mol. The Kier molecular flexibility index (Phi) is 5.06. The van der Waals surface area contributed by atoms with Gasteiger partial charge in [-0.3, -0.25) is 9.69 Å². The Balaban J connectivity index is 1.84. The van der Waals surface area contributed by atoms with Crippen LogP contribution in [0.2, 0.25) is 0 Å². The molecule has 0 spiro atoms. The summed E-state index contributed by atoms with van der Waals surface area (Å²) in [5.41, 5.74) is 1.62. The van der Waals surface area contributed by atoms with Crippen LogP contribution >= 0.6 is 0 Å². The highest BCUT2D eigenvalue weighted by Crippen LogP contribution is 2.19. The Labute approximate surface area is 142 Å². The Morgan fingerprint density at radius 1 is 0.958 bits per heavy atom. The zero-order valence-corrected chi connectivity index (χ0v) is 13.8. The minimum absolute atomic E-state index is 0.196. The van der Waals surface area contributed by atoms with E-state index in [9.17, 15) is 9.59 Å². The van der Waals surface area contributed by atoms with E-state index in [4.69, 9.17) is 4.74 Å². The number of para-hydroxylation sites is 1.